The molecule has 82 valence electrons. The maximum absolute atomic E-state index is 11.2. The molecule has 0 aliphatic heterocycles. The van der Waals surface area contributed by atoms with Crippen LogP contribution < -0.4 is 10.1 Å². The molecule has 0 aliphatic rings. The first-order valence-electron chi connectivity index (χ1n) is 4.38. The van der Waals surface area contributed by atoms with Crippen LogP contribution in [0.5, 0.6) is 5.75 Å². The molecule has 0 fully saturated rings. The van der Waals surface area contributed by atoms with Crippen LogP contribution in [0.15, 0.2) is 22.7 Å². The highest BCUT2D eigenvalue weighted by molar-refractivity contribution is 9.10. The molecule has 0 aliphatic carbocycles. The topological polar surface area (TPSA) is 38.3 Å². The lowest BCUT2D eigenvalue weighted by molar-refractivity contribution is -0.126. The molecule has 0 spiro atoms. The summed E-state index contributed by atoms with van der Waals surface area (Å²) < 4.78 is 6.26. The number of likely N-dealkylation sites (N-methyl/N-ethyl adjacent to an activating group) is 1. The number of ether oxygens (including phenoxy) is 1. The fourth-order valence-corrected chi connectivity index (χ4v) is 1.52. The van der Waals surface area contributed by atoms with Gasteiger partial charge in [0, 0.05) is 11.5 Å². The predicted octanol–water partition coefficient (Wildman–Crippen LogP) is 2.62. The zero-order valence-electron chi connectivity index (χ0n) is 8.38. The van der Waals surface area contributed by atoms with E-state index in [1.165, 1.54) is 0 Å². The minimum absolute atomic E-state index is 0.189. The summed E-state index contributed by atoms with van der Waals surface area (Å²) in [6.07, 6.45) is -0.568. The third-order valence-electron chi connectivity index (χ3n) is 1.81. The van der Waals surface area contributed by atoms with Crippen LogP contribution in [-0.4, -0.2) is 19.1 Å². The average Bonchev–Trinajstić information content (AvgIpc) is 2.22. The van der Waals surface area contributed by atoms with E-state index in [2.05, 4.69) is 21.2 Å². The van der Waals surface area contributed by atoms with Crippen molar-refractivity contribution in [3.63, 3.8) is 0 Å². The van der Waals surface area contributed by atoms with E-state index in [1.54, 1.807) is 32.2 Å². The zero-order valence-corrected chi connectivity index (χ0v) is 10.7. The third-order valence-corrected chi connectivity index (χ3v) is 2.62. The van der Waals surface area contributed by atoms with Crippen LogP contribution in [0, 0.1) is 0 Å². The van der Waals surface area contributed by atoms with Crippen molar-refractivity contribution in [3.05, 3.63) is 27.7 Å². The second-order valence-corrected chi connectivity index (χ2v) is 4.27. The van der Waals surface area contributed by atoms with Crippen molar-refractivity contribution in [3.8, 4) is 5.75 Å². The van der Waals surface area contributed by atoms with Crippen molar-refractivity contribution >= 4 is 33.4 Å². The van der Waals surface area contributed by atoms with Gasteiger partial charge in [0.05, 0.1) is 5.02 Å². The van der Waals surface area contributed by atoms with E-state index >= 15 is 0 Å². The number of amides is 1. The molecular weight excluding hydrogens is 281 g/mol. The van der Waals surface area contributed by atoms with Gasteiger partial charge in [0.1, 0.15) is 5.75 Å². The van der Waals surface area contributed by atoms with Gasteiger partial charge in [-0.25, -0.2) is 0 Å². The molecule has 1 atom stereocenters. The molecule has 1 unspecified atom stereocenters. The Bertz CT molecular complexity index is 370. The zero-order chi connectivity index (χ0) is 11.4. The number of rotatable bonds is 3. The summed E-state index contributed by atoms with van der Waals surface area (Å²) in [6.45, 7) is 1.66. The first-order valence-corrected chi connectivity index (χ1v) is 5.55. The molecule has 0 aromatic heterocycles. The monoisotopic (exact) mass is 291 g/mol. The van der Waals surface area contributed by atoms with Crippen molar-refractivity contribution in [1.82, 2.24) is 5.32 Å². The molecule has 0 radical (unpaired) electrons. The number of halogens is 2. The number of hydrogen-bond donors (Lipinski definition) is 1. The van der Waals surface area contributed by atoms with Crippen molar-refractivity contribution < 1.29 is 9.53 Å². The van der Waals surface area contributed by atoms with Crippen LogP contribution in [0.2, 0.25) is 5.02 Å². The summed E-state index contributed by atoms with van der Waals surface area (Å²) in [5, 5.41) is 2.98. The van der Waals surface area contributed by atoms with Crippen molar-refractivity contribution in [2.75, 3.05) is 7.05 Å². The number of carbonyl (C=O) groups is 1. The van der Waals surface area contributed by atoms with Crippen LogP contribution in [0.3, 0.4) is 0 Å². The van der Waals surface area contributed by atoms with Gasteiger partial charge in [-0.05, 0) is 25.1 Å². The number of nitrogens with one attached hydrogen (secondary N) is 1. The molecule has 1 N–H and O–H groups in total. The van der Waals surface area contributed by atoms with Crippen molar-refractivity contribution in [2.24, 2.45) is 0 Å². The van der Waals surface area contributed by atoms with Crippen LogP contribution in [0.4, 0.5) is 0 Å². The normalized spacial score (nSPS) is 12.0. The average molecular weight is 293 g/mol. The third kappa shape index (κ3) is 3.39. The Kier molecular flexibility index (Phi) is 4.42. The van der Waals surface area contributed by atoms with Gasteiger partial charge in [0.2, 0.25) is 0 Å². The largest absolute Gasteiger partial charge is 0.479 e. The number of benzene rings is 1. The highest BCUT2D eigenvalue weighted by Crippen LogP contribution is 2.28. The maximum Gasteiger partial charge on any atom is 0.260 e. The summed E-state index contributed by atoms with van der Waals surface area (Å²) in [5.41, 5.74) is 0. The van der Waals surface area contributed by atoms with Crippen LogP contribution >= 0.6 is 27.5 Å². The molecule has 3 nitrogen and oxygen atoms in total. The smallest absolute Gasteiger partial charge is 0.260 e. The van der Waals surface area contributed by atoms with E-state index in [0.717, 1.165) is 4.47 Å². The minimum Gasteiger partial charge on any atom is -0.479 e. The van der Waals surface area contributed by atoms with Gasteiger partial charge in [-0.15, -0.1) is 0 Å². The highest BCUT2D eigenvalue weighted by atomic mass is 79.9. The Balaban J connectivity index is 2.80. The van der Waals surface area contributed by atoms with Crippen LogP contribution in [-0.2, 0) is 4.79 Å². The van der Waals surface area contributed by atoms with Crippen LogP contribution in [0.25, 0.3) is 0 Å². The summed E-state index contributed by atoms with van der Waals surface area (Å²) in [7, 11) is 1.56. The Morgan fingerprint density at radius 1 is 1.60 bits per heavy atom. The van der Waals surface area contributed by atoms with Gasteiger partial charge in [-0.3, -0.25) is 4.79 Å². The second-order valence-electron chi connectivity index (χ2n) is 2.95. The second kappa shape index (κ2) is 5.37. The minimum atomic E-state index is -0.568. The Morgan fingerprint density at radius 2 is 2.27 bits per heavy atom. The molecule has 0 saturated carbocycles. The van der Waals surface area contributed by atoms with Gasteiger partial charge in [-0.1, -0.05) is 27.5 Å². The summed E-state index contributed by atoms with van der Waals surface area (Å²) in [6, 6.07) is 5.24. The fraction of sp³-hybridized carbons (Fsp3) is 0.300. The molecule has 0 heterocycles. The lowest BCUT2D eigenvalue weighted by Crippen LogP contribution is -2.33. The Morgan fingerprint density at radius 3 is 2.87 bits per heavy atom. The van der Waals surface area contributed by atoms with Gasteiger partial charge in [0.15, 0.2) is 6.10 Å². The lowest BCUT2D eigenvalue weighted by atomic mass is 10.3. The van der Waals surface area contributed by atoms with Crippen molar-refractivity contribution in [1.29, 1.82) is 0 Å². The Hall–Kier alpha value is -0.740. The summed E-state index contributed by atoms with van der Waals surface area (Å²) in [4.78, 5) is 11.2. The van der Waals surface area contributed by atoms with Gasteiger partial charge >= 0.3 is 0 Å². The van der Waals surface area contributed by atoms with E-state index in [9.17, 15) is 4.79 Å². The molecular formula is C10H11BrClNO2. The molecule has 1 aromatic rings. The van der Waals surface area contributed by atoms with E-state index in [1.807, 2.05) is 0 Å². The van der Waals surface area contributed by atoms with Crippen molar-refractivity contribution in [2.45, 2.75) is 13.0 Å². The highest BCUT2D eigenvalue weighted by Gasteiger charge is 2.14. The summed E-state index contributed by atoms with van der Waals surface area (Å²) in [5.74, 6) is 0.299. The Labute approximate surface area is 102 Å². The number of carbonyl (C=O) groups excluding carboxylic acids is 1. The molecule has 15 heavy (non-hydrogen) atoms. The van der Waals surface area contributed by atoms with Crippen LogP contribution in [0.1, 0.15) is 6.92 Å². The maximum atomic E-state index is 11.2. The number of hydrogen-bond acceptors (Lipinski definition) is 2. The molecule has 0 bridgehead atoms. The predicted molar refractivity (Wildman–Crippen MR) is 63.3 cm³/mol. The molecule has 1 aromatic carbocycles. The molecule has 1 rings (SSSR count). The van der Waals surface area contributed by atoms with Gasteiger partial charge in [-0.2, -0.15) is 0 Å². The molecule has 1 amide bonds. The van der Waals surface area contributed by atoms with E-state index < -0.39 is 6.10 Å². The molecule has 5 heteroatoms. The first-order chi connectivity index (χ1) is 7.04. The van der Waals surface area contributed by atoms with E-state index in [0.29, 0.717) is 10.8 Å². The quantitative estimate of drug-likeness (QED) is 0.930. The first kappa shape index (κ1) is 12.3. The van der Waals surface area contributed by atoms with E-state index in [4.69, 9.17) is 16.3 Å². The van der Waals surface area contributed by atoms with Gasteiger partial charge < -0.3 is 10.1 Å². The van der Waals surface area contributed by atoms with Gasteiger partial charge in [0.25, 0.3) is 5.91 Å². The van der Waals surface area contributed by atoms with E-state index in [-0.39, 0.29) is 5.91 Å². The SMILES string of the molecule is CNC(=O)C(C)Oc1cc(Br)ccc1Cl. The fourth-order valence-electron chi connectivity index (χ4n) is 1.01. The lowest BCUT2D eigenvalue weighted by Gasteiger charge is -2.14. The summed E-state index contributed by atoms with van der Waals surface area (Å²) >= 11 is 9.21. The standard InChI is InChI=1S/C10H11BrClNO2/c1-6(10(14)13-2)15-9-5-7(11)3-4-8(9)12/h3-6H,1-2H3,(H,13,14). The molecule has 0 saturated heterocycles.